The van der Waals surface area contributed by atoms with Crippen LogP contribution in [0.5, 0.6) is 0 Å². The first-order valence-corrected chi connectivity index (χ1v) is 11.3. The zero-order valence-corrected chi connectivity index (χ0v) is 18.5. The first kappa shape index (κ1) is 23.2. The maximum atomic E-state index is 6.15. The van der Waals surface area contributed by atoms with Gasteiger partial charge >= 0.3 is 0 Å². The summed E-state index contributed by atoms with van der Waals surface area (Å²) in [6, 6.07) is 8.16. The smallest absolute Gasteiger partial charge is 0.152 e. The summed E-state index contributed by atoms with van der Waals surface area (Å²) in [5, 5.41) is 1.13. The number of aryl methyl sites for hydroxylation is 2. The molecule has 3 rings (SSSR count). The van der Waals surface area contributed by atoms with Crippen molar-refractivity contribution in [3.63, 3.8) is 0 Å². The minimum absolute atomic E-state index is 0.524. The summed E-state index contributed by atoms with van der Waals surface area (Å²) in [5.74, 6) is 1.61. The summed E-state index contributed by atoms with van der Waals surface area (Å²) >= 11 is 1.67. The maximum absolute atomic E-state index is 6.15. The predicted octanol–water partition coefficient (Wildman–Crippen LogP) is 5.43. The average molecular weight is 390 g/mol. The predicted molar refractivity (Wildman–Crippen MR) is 122 cm³/mol. The number of hydrogen-bond donors (Lipinski definition) is 2. The van der Waals surface area contributed by atoms with Gasteiger partial charge in [-0.25, -0.2) is 9.97 Å². The van der Waals surface area contributed by atoms with Crippen molar-refractivity contribution in [1.29, 1.82) is 0 Å². The quantitative estimate of drug-likeness (QED) is 0.416. The highest BCUT2D eigenvalue weighted by atomic mass is 32.2. The molecule has 0 saturated carbocycles. The summed E-state index contributed by atoms with van der Waals surface area (Å²) in [6.07, 6.45) is 5.21. The Balaban J connectivity index is 0.000000855. The third kappa shape index (κ3) is 5.59. The van der Waals surface area contributed by atoms with Gasteiger partial charge in [0.2, 0.25) is 0 Å². The van der Waals surface area contributed by atoms with Crippen LogP contribution in [0, 0.1) is 0 Å². The van der Waals surface area contributed by atoms with E-state index in [2.05, 4.69) is 33.5 Å². The van der Waals surface area contributed by atoms with E-state index in [0.29, 0.717) is 5.82 Å². The van der Waals surface area contributed by atoms with E-state index in [1.165, 1.54) is 0 Å². The number of benzene rings is 1. The van der Waals surface area contributed by atoms with Crippen LogP contribution in [0.4, 0.5) is 5.82 Å². The minimum atomic E-state index is 0.524. The van der Waals surface area contributed by atoms with Crippen LogP contribution < -0.4 is 10.5 Å². The van der Waals surface area contributed by atoms with Gasteiger partial charge in [-0.05, 0) is 25.2 Å². The van der Waals surface area contributed by atoms with Gasteiger partial charge in [-0.15, -0.1) is 0 Å². The van der Waals surface area contributed by atoms with E-state index in [1.54, 1.807) is 11.9 Å². The number of rotatable bonds is 7. The molecule has 6 heteroatoms. The molecule has 0 fully saturated rings. The number of fused-ring (bicyclic) bond motifs is 3. The van der Waals surface area contributed by atoms with Crippen molar-refractivity contribution in [2.45, 2.75) is 60.4 Å². The molecule has 0 bridgehead atoms. The number of pyridine rings is 1. The molecule has 0 aliphatic heterocycles. The summed E-state index contributed by atoms with van der Waals surface area (Å²) < 4.78 is 5.62. The third-order valence-corrected chi connectivity index (χ3v) is 4.55. The van der Waals surface area contributed by atoms with Crippen LogP contribution in [0.3, 0.4) is 0 Å². The van der Waals surface area contributed by atoms with E-state index in [4.69, 9.17) is 10.7 Å². The molecule has 0 aliphatic rings. The van der Waals surface area contributed by atoms with Crippen molar-refractivity contribution < 1.29 is 0 Å². The minimum Gasteiger partial charge on any atom is -0.382 e. The Morgan fingerprint density at radius 1 is 1.07 bits per heavy atom. The lowest BCUT2D eigenvalue weighted by Gasteiger charge is -2.10. The summed E-state index contributed by atoms with van der Waals surface area (Å²) in [4.78, 5) is 9.25. The van der Waals surface area contributed by atoms with E-state index in [0.717, 1.165) is 60.1 Å². The van der Waals surface area contributed by atoms with Gasteiger partial charge in [-0.3, -0.25) is 4.72 Å². The second kappa shape index (κ2) is 12.6. The normalized spacial score (nSPS) is 10.3. The average Bonchev–Trinajstić information content (AvgIpc) is 3.10. The zero-order chi connectivity index (χ0) is 20.2. The van der Waals surface area contributed by atoms with E-state index in [9.17, 15) is 0 Å². The lowest BCUT2D eigenvalue weighted by molar-refractivity contribution is 0.600. The van der Waals surface area contributed by atoms with E-state index in [1.807, 2.05) is 45.9 Å². The molecule has 27 heavy (non-hydrogen) atoms. The lowest BCUT2D eigenvalue weighted by Crippen LogP contribution is -2.08. The molecule has 150 valence electrons. The molecule has 3 aromatic rings. The Morgan fingerprint density at radius 3 is 2.44 bits per heavy atom. The van der Waals surface area contributed by atoms with Crippen LogP contribution in [-0.2, 0) is 13.0 Å². The maximum Gasteiger partial charge on any atom is 0.152 e. The molecular weight excluding hydrogens is 354 g/mol. The van der Waals surface area contributed by atoms with Gasteiger partial charge in [0.1, 0.15) is 11.3 Å². The fourth-order valence-electron chi connectivity index (χ4n) is 2.98. The van der Waals surface area contributed by atoms with Crippen LogP contribution in [-0.4, -0.2) is 27.3 Å². The Kier molecular flexibility index (Phi) is 10.8. The van der Waals surface area contributed by atoms with E-state index in [-0.39, 0.29) is 0 Å². The molecule has 0 unspecified atom stereocenters. The number of hydrogen-bond acceptors (Lipinski definition) is 5. The van der Waals surface area contributed by atoms with Crippen LogP contribution in [0.25, 0.3) is 21.9 Å². The molecule has 2 heterocycles. The van der Waals surface area contributed by atoms with Gasteiger partial charge in [-0.2, -0.15) is 0 Å². The number of unbranched alkanes of at least 4 members (excludes halogenated alkanes) is 1. The highest BCUT2D eigenvalue weighted by Gasteiger charge is 2.15. The molecule has 0 amide bonds. The molecule has 0 saturated heterocycles. The number of nitrogens with one attached hydrogen (secondary N) is 1. The standard InChI is InChI=1S/C17H23N5S.2C2H6/c1-3-14-21-15-16(22(14)11-7-6-10-19-23-2)12-8-4-5-9-13(12)20-17(15)18;2*1-2/h4-5,8-9,19H,3,6-7,10-11H2,1-2H3,(H2,18,20);2*1-2H3. The highest BCUT2D eigenvalue weighted by Crippen LogP contribution is 2.29. The number of nitrogen functional groups attached to an aromatic ring is 1. The van der Waals surface area contributed by atoms with Crippen molar-refractivity contribution in [1.82, 2.24) is 19.3 Å². The molecule has 5 nitrogen and oxygen atoms in total. The number of para-hydroxylation sites is 1. The fourth-order valence-corrected chi connectivity index (χ4v) is 3.33. The molecular formula is C21H35N5S. The molecule has 0 aliphatic carbocycles. The van der Waals surface area contributed by atoms with Crippen LogP contribution in [0.15, 0.2) is 24.3 Å². The second-order valence-electron chi connectivity index (χ2n) is 5.55. The number of nitrogens with zero attached hydrogens (tertiary/aromatic N) is 3. The van der Waals surface area contributed by atoms with Crippen LogP contribution in [0.2, 0.25) is 0 Å². The van der Waals surface area contributed by atoms with Crippen molar-refractivity contribution in [2.75, 3.05) is 18.5 Å². The summed E-state index contributed by atoms with van der Waals surface area (Å²) in [5.41, 5.74) is 9.05. The molecule has 0 spiro atoms. The Morgan fingerprint density at radius 2 is 1.78 bits per heavy atom. The summed E-state index contributed by atoms with van der Waals surface area (Å²) in [6.45, 7) is 12.1. The lowest BCUT2D eigenvalue weighted by atomic mass is 10.2. The van der Waals surface area contributed by atoms with Crippen molar-refractivity contribution in [2.24, 2.45) is 0 Å². The Hall–Kier alpha value is -1.79. The van der Waals surface area contributed by atoms with Crippen molar-refractivity contribution >= 4 is 39.7 Å². The fraction of sp³-hybridized carbons (Fsp3) is 0.524. The monoisotopic (exact) mass is 389 g/mol. The van der Waals surface area contributed by atoms with Gasteiger partial charge in [0.15, 0.2) is 5.82 Å². The Labute approximate surface area is 168 Å². The van der Waals surface area contributed by atoms with Gasteiger partial charge in [-0.1, -0.05) is 64.8 Å². The van der Waals surface area contributed by atoms with E-state index >= 15 is 0 Å². The van der Waals surface area contributed by atoms with Crippen molar-refractivity contribution in [3.8, 4) is 0 Å². The molecule has 3 N–H and O–H groups in total. The summed E-state index contributed by atoms with van der Waals surface area (Å²) in [7, 11) is 0. The van der Waals surface area contributed by atoms with Crippen molar-refractivity contribution in [3.05, 3.63) is 30.1 Å². The molecule has 1 aromatic carbocycles. The molecule has 0 atom stereocenters. The SMILES string of the molecule is CC.CC.CCc1nc2c(N)nc3ccccc3c2n1CCCCNSC. The second-order valence-corrected chi connectivity index (χ2v) is 6.25. The zero-order valence-electron chi connectivity index (χ0n) is 17.7. The third-order valence-electron chi connectivity index (χ3n) is 4.06. The first-order valence-electron chi connectivity index (χ1n) is 10.1. The number of aromatic nitrogens is 3. The largest absolute Gasteiger partial charge is 0.382 e. The first-order chi connectivity index (χ1) is 13.3. The van der Waals surface area contributed by atoms with Crippen LogP contribution >= 0.6 is 11.9 Å². The van der Waals surface area contributed by atoms with Gasteiger partial charge < -0.3 is 10.3 Å². The molecule has 2 aromatic heterocycles. The van der Waals surface area contributed by atoms with E-state index < -0.39 is 0 Å². The number of nitrogens with two attached hydrogens (primary N) is 1. The Bertz CT molecular complexity index is 813. The van der Waals surface area contributed by atoms with Gasteiger partial charge in [0, 0.05) is 24.9 Å². The highest BCUT2D eigenvalue weighted by molar-refractivity contribution is 7.96. The van der Waals surface area contributed by atoms with Crippen LogP contribution in [0.1, 0.15) is 53.3 Å². The number of imidazole rings is 1. The number of anilines is 1. The topological polar surface area (TPSA) is 68.8 Å². The van der Waals surface area contributed by atoms with Gasteiger partial charge in [0.25, 0.3) is 0 Å². The molecule has 0 radical (unpaired) electrons. The van der Waals surface area contributed by atoms with Gasteiger partial charge in [0.05, 0.1) is 11.0 Å².